The number of carbonyl (C=O) groups excluding carboxylic acids is 3. The Bertz CT molecular complexity index is 1550. The molecule has 13 heteroatoms. The second-order valence-electron chi connectivity index (χ2n) is 13.1. The number of alkyl halides is 3. The zero-order valence-electron chi connectivity index (χ0n) is 27.6. The third-order valence-electron chi connectivity index (χ3n) is 9.12. The van der Waals surface area contributed by atoms with E-state index >= 15 is 0 Å². The van der Waals surface area contributed by atoms with Crippen molar-refractivity contribution < 1.29 is 32.3 Å². The third-order valence-corrected chi connectivity index (χ3v) is 9.12. The van der Waals surface area contributed by atoms with Crippen LogP contribution in [-0.2, 0) is 25.3 Å². The van der Waals surface area contributed by atoms with Crippen molar-refractivity contribution in [2.45, 2.75) is 38.9 Å². The van der Waals surface area contributed by atoms with Crippen LogP contribution in [0.25, 0.3) is 0 Å². The predicted molar refractivity (Wildman–Crippen MR) is 173 cm³/mol. The molecule has 2 fully saturated rings. The summed E-state index contributed by atoms with van der Waals surface area (Å²) in [5, 5.41) is 0. The van der Waals surface area contributed by atoms with Crippen molar-refractivity contribution in [2.24, 2.45) is 11.8 Å². The molecular formula is C34H43F3N6O4. The van der Waals surface area contributed by atoms with Gasteiger partial charge in [-0.15, -0.1) is 0 Å². The summed E-state index contributed by atoms with van der Waals surface area (Å²) >= 11 is 0. The first-order valence-electron chi connectivity index (χ1n) is 15.8. The molecule has 0 aliphatic carbocycles. The average Bonchev–Trinajstić information content (AvgIpc) is 3.59. The summed E-state index contributed by atoms with van der Waals surface area (Å²) in [6.45, 7) is 10.8. The number of likely N-dealkylation sites (tertiary alicyclic amines) is 1. The number of amides is 3. The first kappa shape index (κ1) is 34.4. The van der Waals surface area contributed by atoms with E-state index in [0.29, 0.717) is 57.2 Å². The van der Waals surface area contributed by atoms with Crippen molar-refractivity contribution in [3.63, 3.8) is 0 Å². The van der Waals surface area contributed by atoms with Crippen LogP contribution in [0.3, 0.4) is 0 Å². The van der Waals surface area contributed by atoms with Crippen molar-refractivity contribution in [3.8, 4) is 0 Å². The Morgan fingerprint density at radius 3 is 2.60 bits per heavy atom. The van der Waals surface area contributed by atoms with Gasteiger partial charge in [0.1, 0.15) is 11.9 Å². The molecule has 3 aliphatic rings. The normalized spacial score (nSPS) is 21.7. The van der Waals surface area contributed by atoms with Crippen LogP contribution in [-0.4, -0.2) is 106 Å². The molecule has 3 atom stereocenters. The number of nitrogens with zero attached hydrogens (tertiary/aromatic N) is 6. The summed E-state index contributed by atoms with van der Waals surface area (Å²) in [5.41, 5.74) is 2.18. The fourth-order valence-electron chi connectivity index (χ4n) is 6.96. The van der Waals surface area contributed by atoms with Crippen LogP contribution in [0.15, 0.2) is 42.5 Å². The molecule has 10 nitrogen and oxygen atoms in total. The molecule has 3 aliphatic heterocycles. The second-order valence-corrected chi connectivity index (χ2v) is 13.1. The molecule has 5 rings (SSSR count). The Kier molecular flexibility index (Phi) is 9.97. The number of aromatic nitrogens is 1. The molecule has 0 radical (unpaired) electrons. The van der Waals surface area contributed by atoms with Crippen molar-refractivity contribution in [3.05, 3.63) is 59.3 Å². The number of halogens is 3. The Balaban J connectivity index is 1.33. The van der Waals surface area contributed by atoms with Gasteiger partial charge in [-0.3, -0.25) is 19.3 Å². The molecule has 1 aromatic heterocycles. The van der Waals surface area contributed by atoms with Gasteiger partial charge in [-0.1, -0.05) is 18.7 Å². The zero-order valence-corrected chi connectivity index (χ0v) is 27.6. The molecule has 0 spiro atoms. The van der Waals surface area contributed by atoms with Crippen molar-refractivity contribution in [2.75, 3.05) is 81.8 Å². The number of hydrogen-bond acceptors (Lipinski definition) is 7. The van der Waals surface area contributed by atoms with Gasteiger partial charge in [0.2, 0.25) is 11.8 Å². The molecule has 1 aromatic carbocycles. The highest BCUT2D eigenvalue weighted by atomic mass is 19.4. The number of benzene rings is 1. The predicted octanol–water partition coefficient (Wildman–Crippen LogP) is 3.90. The van der Waals surface area contributed by atoms with E-state index in [1.54, 1.807) is 7.05 Å². The van der Waals surface area contributed by atoms with E-state index in [4.69, 9.17) is 4.74 Å². The molecule has 0 saturated carbocycles. The minimum absolute atomic E-state index is 0.00908. The van der Waals surface area contributed by atoms with Gasteiger partial charge in [-0.05, 0) is 58.1 Å². The van der Waals surface area contributed by atoms with Gasteiger partial charge in [0, 0.05) is 69.3 Å². The summed E-state index contributed by atoms with van der Waals surface area (Å²) in [6, 6.07) is 6.39. The Labute approximate surface area is 273 Å². The summed E-state index contributed by atoms with van der Waals surface area (Å²) in [4.78, 5) is 53.0. The van der Waals surface area contributed by atoms with Gasteiger partial charge in [0.25, 0.3) is 5.91 Å². The van der Waals surface area contributed by atoms with Crippen LogP contribution >= 0.6 is 0 Å². The number of pyridine rings is 1. The molecule has 0 N–H and O–H groups in total. The van der Waals surface area contributed by atoms with Gasteiger partial charge in [-0.25, -0.2) is 4.98 Å². The number of hydrogen-bond donors (Lipinski definition) is 0. The van der Waals surface area contributed by atoms with Gasteiger partial charge < -0.3 is 24.3 Å². The van der Waals surface area contributed by atoms with Crippen molar-refractivity contribution in [1.29, 1.82) is 0 Å². The molecule has 2 saturated heterocycles. The summed E-state index contributed by atoms with van der Waals surface area (Å²) < 4.78 is 47.3. The molecule has 254 valence electrons. The molecule has 0 unspecified atom stereocenters. The number of para-hydroxylation sites is 1. The Morgan fingerprint density at radius 1 is 1.15 bits per heavy atom. The van der Waals surface area contributed by atoms with Crippen LogP contribution in [0.4, 0.5) is 30.4 Å². The lowest BCUT2D eigenvalue weighted by Crippen LogP contribution is -2.52. The lowest BCUT2D eigenvalue weighted by Gasteiger charge is -2.39. The topological polar surface area (TPSA) is 89.5 Å². The van der Waals surface area contributed by atoms with E-state index in [1.807, 2.05) is 49.0 Å². The van der Waals surface area contributed by atoms with Crippen molar-refractivity contribution in [1.82, 2.24) is 14.8 Å². The SMILES string of the molecule is C=C(CN(C)C)C(=O)N1CC[C@H](COCCN2C[C@H]3CC(=O)N(c4cc(C(F)(F)F)cc(C)n4)[C@@H]3C(=O)N(C)c3cccc(C)c32)C1. The third kappa shape index (κ3) is 7.30. The number of anilines is 3. The average molecular weight is 657 g/mol. The lowest BCUT2D eigenvalue weighted by molar-refractivity contribution is -0.137. The highest BCUT2D eigenvalue weighted by molar-refractivity contribution is 6.10. The van der Waals surface area contributed by atoms with E-state index in [1.165, 1.54) is 11.8 Å². The van der Waals surface area contributed by atoms with Gasteiger partial charge in [-0.2, -0.15) is 13.2 Å². The van der Waals surface area contributed by atoms with Crippen LogP contribution in [0.5, 0.6) is 0 Å². The zero-order chi connectivity index (χ0) is 34.2. The Hall–Kier alpha value is -3.97. The second kappa shape index (κ2) is 13.6. The molecule has 47 heavy (non-hydrogen) atoms. The van der Waals surface area contributed by atoms with E-state index < -0.39 is 29.6 Å². The van der Waals surface area contributed by atoms with E-state index in [0.717, 1.165) is 34.7 Å². The summed E-state index contributed by atoms with van der Waals surface area (Å²) in [5.74, 6) is -1.32. The summed E-state index contributed by atoms with van der Waals surface area (Å²) in [6.07, 6.45) is -3.80. The van der Waals surface area contributed by atoms with Crippen LogP contribution in [0.2, 0.25) is 0 Å². The largest absolute Gasteiger partial charge is 0.416 e. The summed E-state index contributed by atoms with van der Waals surface area (Å²) in [7, 11) is 5.43. The molecule has 2 aromatic rings. The minimum atomic E-state index is -4.63. The standard InChI is InChI=1S/C34H43F3N6O4/c1-21-8-7-9-27-30(21)41(12-13-47-20-24-10-11-42(18-24)32(45)22(2)17-39(4)5)19-25-15-29(44)43(31(25)33(46)40(27)6)28-16-26(34(35,36)37)14-23(3)38-28/h7-9,14,16,24-25,31H,2,10-13,15,17-20H2,1,3-6H3/t24-,25+,31-/m0/s1. The number of aryl methyl sites for hydroxylation is 2. The fraction of sp³-hybridized carbons (Fsp3) is 0.529. The fourth-order valence-corrected chi connectivity index (χ4v) is 6.96. The lowest BCUT2D eigenvalue weighted by atomic mass is 9.95. The minimum Gasteiger partial charge on any atom is -0.379 e. The number of likely N-dealkylation sites (N-methyl/N-ethyl adjacent to an activating group) is 2. The maximum Gasteiger partial charge on any atom is 0.416 e. The molecule has 4 heterocycles. The first-order chi connectivity index (χ1) is 22.1. The van der Waals surface area contributed by atoms with E-state index in [9.17, 15) is 27.6 Å². The van der Waals surface area contributed by atoms with E-state index in [2.05, 4.69) is 16.5 Å². The number of ether oxygens (including phenoxy) is 1. The van der Waals surface area contributed by atoms with Gasteiger partial charge >= 0.3 is 6.18 Å². The number of carbonyl (C=O) groups is 3. The highest BCUT2D eigenvalue weighted by Gasteiger charge is 2.49. The first-order valence-corrected chi connectivity index (χ1v) is 15.8. The molecular weight excluding hydrogens is 613 g/mol. The maximum atomic E-state index is 14.0. The number of fused-ring (bicyclic) bond motifs is 2. The molecule has 3 amide bonds. The van der Waals surface area contributed by atoms with Crippen LogP contribution in [0.1, 0.15) is 29.7 Å². The number of rotatable bonds is 9. The van der Waals surface area contributed by atoms with E-state index in [-0.39, 0.29) is 35.7 Å². The maximum absolute atomic E-state index is 14.0. The molecule has 0 bridgehead atoms. The Morgan fingerprint density at radius 2 is 1.89 bits per heavy atom. The van der Waals surface area contributed by atoms with Crippen LogP contribution < -0.4 is 14.7 Å². The smallest absolute Gasteiger partial charge is 0.379 e. The highest BCUT2D eigenvalue weighted by Crippen LogP contribution is 2.41. The van der Waals surface area contributed by atoms with Crippen molar-refractivity contribution >= 4 is 34.9 Å². The van der Waals surface area contributed by atoms with Crippen LogP contribution in [0, 0.1) is 25.7 Å². The quantitative estimate of drug-likeness (QED) is 0.299. The monoisotopic (exact) mass is 656 g/mol. The van der Waals surface area contributed by atoms with Gasteiger partial charge in [0.05, 0.1) is 30.2 Å². The van der Waals surface area contributed by atoms with Gasteiger partial charge in [0.15, 0.2) is 0 Å².